The van der Waals surface area contributed by atoms with E-state index in [9.17, 15) is 4.79 Å². The van der Waals surface area contributed by atoms with E-state index in [0.717, 1.165) is 31.8 Å². The Hall–Kier alpha value is -2.41. The minimum Gasteiger partial charge on any atom is -0.497 e. The number of hydrogen-bond acceptors (Lipinski definition) is 5. The molecule has 1 fully saturated rings. The second kappa shape index (κ2) is 6.78. The van der Waals surface area contributed by atoms with E-state index in [1.165, 1.54) is 0 Å². The van der Waals surface area contributed by atoms with Crippen LogP contribution < -0.4 is 15.4 Å². The van der Waals surface area contributed by atoms with Crippen molar-refractivity contribution in [3.8, 4) is 5.75 Å². The van der Waals surface area contributed by atoms with Gasteiger partial charge >= 0.3 is 0 Å². The molecule has 23 heavy (non-hydrogen) atoms. The van der Waals surface area contributed by atoms with E-state index >= 15 is 0 Å². The highest BCUT2D eigenvalue weighted by atomic mass is 16.5. The SMILES string of the molecule is COc1ccc(C(=O)Nc2nc(C3CCNCC3)nn2C)cc1. The minimum atomic E-state index is -0.208. The zero-order valence-corrected chi connectivity index (χ0v) is 13.4. The van der Waals surface area contributed by atoms with Crippen molar-refractivity contribution in [1.82, 2.24) is 20.1 Å². The Kier molecular flexibility index (Phi) is 4.57. The van der Waals surface area contributed by atoms with Gasteiger partial charge in [-0.05, 0) is 50.2 Å². The van der Waals surface area contributed by atoms with Crippen LogP contribution in [-0.2, 0) is 7.05 Å². The first kappa shape index (κ1) is 15.5. The van der Waals surface area contributed by atoms with E-state index in [2.05, 4.69) is 20.7 Å². The third-order valence-electron chi connectivity index (χ3n) is 4.06. The molecule has 0 bridgehead atoms. The Labute approximate surface area is 135 Å². The van der Waals surface area contributed by atoms with Crippen molar-refractivity contribution in [3.05, 3.63) is 35.7 Å². The van der Waals surface area contributed by atoms with Crippen LogP contribution in [0.15, 0.2) is 24.3 Å². The first-order chi connectivity index (χ1) is 11.2. The van der Waals surface area contributed by atoms with Crippen molar-refractivity contribution in [2.24, 2.45) is 7.05 Å². The number of anilines is 1. The molecule has 2 N–H and O–H groups in total. The third kappa shape index (κ3) is 3.50. The standard InChI is InChI=1S/C16H21N5O2/c1-21-16(18-14(20-21)11-7-9-17-10-8-11)19-15(22)12-3-5-13(23-2)6-4-12/h3-6,11,17H,7-10H2,1-2H3,(H,18,19,20,22). The van der Waals surface area contributed by atoms with E-state index in [0.29, 0.717) is 23.2 Å². The number of amides is 1. The fourth-order valence-electron chi connectivity index (χ4n) is 2.68. The van der Waals surface area contributed by atoms with Gasteiger partial charge in [-0.2, -0.15) is 10.1 Å². The van der Waals surface area contributed by atoms with E-state index in [4.69, 9.17) is 4.74 Å². The van der Waals surface area contributed by atoms with Gasteiger partial charge in [0, 0.05) is 18.5 Å². The maximum atomic E-state index is 12.3. The lowest BCUT2D eigenvalue weighted by atomic mass is 9.98. The lowest BCUT2D eigenvalue weighted by Crippen LogP contribution is -2.27. The molecule has 1 aromatic carbocycles. The second-order valence-corrected chi connectivity index (χ2v) is 5.62. The maximum absolute atomic E-state index is 12.3. The molecule has 0 aliphatic carbocycles. The Morgan fingerprint density at radius 1 is 1.30 bits per heavy atom. The van der Waals surface area contributed by atoms with Gasteiger partial charge in [-0.3, -0.25) is 10.1 Å². The van der Waals surface area contributed by atoms with Gasteiger partial charge in [0.2, 0.25) is 5.95 Å². The van der Waals surface area contributed by atoms with Crippen molar-refractivity contribution in [2.45, 2.75) is 18.8 Å². The van der Waals surface area contributed by atoms with E-state index in [-0.39, 0.29) is 5.91 Å². The molecule has 7 heteroatoms. The van der Waals surface area contributed by atoms with Crippen molar-refractivity contribution in [2.75, 3.05) is 25.5 Å². The average molecular weight is 315 g/mol. The highest BCUT2D eigenvalue weighted by molar-refractivity contribution is 6.03. The predicted octanol–water partition coefficient (Wildman–Crippen LogP) is 1.54. The molecule has 0 saturated carbocycles. The highest BCUT2D eigenvalue weighted by Gasteiger charge is 2.21. The fraction of sp³-hybridized carbons (Fsp3) is 0.438. The number of ether oxygens (including phenoxy) is 1. The maximum Gasteiger partial charge on any atom is 0.258 e. The fourth-order valence-corrected chi connectivity index (χ4v) is 2.68. The van der Waals surface area contributed by atoms with Crippen molar-refractivity contribution < 1.29 is 9.53 Å². The Balaban J connectivity index is 1.71. The third-order valence-corrected chi connectivity index (χ3v) is 4.06. The van der Waals surface area contributed by atoms with Gasteiger partial charge in [0.15, 0.2) is 5.82 Å². The second-order valence-electron chi connectivity index (χ2n) is 5.62. The first-order valence-corrected chi connectivity index (χ1v) is 7.74. The quantitative estimate of drug-likeness (QED) is 0.894. The van der Waals surface area contributed by atoms with Gasteiger partial charge < -0.3 is 10.1 Å². The van der Waals surface area contributed by atoms with Crippen LogP contribution in [0.2, 0.25) is 0 Å². The van der Waals surface area contributed by atoms with Gasteiger partial charge in [0.05, 0.1) is 7.11 Å². The molecule has 7 nitrogen and oxygen atoms in total. The summed E-state index contributed by atoms with van der Waals surface area (Å²) in [4.78, 5) is 16.8. The molecule has 1 amide bonds. The molecule has 0 atom stereocenters. The number of hydrogen-bond donors (Lipinski definition) is 2. The van der Waals surface area contributed by atoms with E-state index in [1.807, 2.05) is 0 Å². The molecule has 0 spiro atoms. The van der Waals surface area contributed by atoms with E-state index < -0.39 is 0 Å². The smallest absolute Gasteiger partial charge is 0.258 e. The van der Waals surface area contributed by atoms with Crippen LogP contribution in [0, 0.1) is 0 Å². The van der Waals surface area contributed by atoms with Crippen LogP contribution in [0.5, 0.6) is 5.75 Å². The molecule has 2 heterocycles. The Bertz CT molecular complexity index is 674. The first-order valence-electron chi connectivity index (χ1n) is 7.74. The minimum absolute atomic E-state index is 0.208. The number of nitrogens with zero attached hydrogens (tertiary/aromatic N) is 3. The molecule has 3 rings (SSSR count). The molecule has 1 aromatic heterocycles. The van der Waals surface area contributed by atoms with Gasteiger partial charge in [0.1, 0.15) is 5.75 Å². The molecule has 1 aliphatic rings. The summed E-state index contributed by atoms with van der Waals surface area (Å²) in [5.74, 6) is 2.14. The average Bonchev–Trinajstić information content (AvgIpc) is 2.96. The number of carbonyl (C=O) groups excluding carboxylic acids is 1. The molecular formula is C16H21N5O2. The molecule has 0 radical (unpaired) electrons. The van der Waals surface area contributed by atoms with Crippen LogP contribution >= 0.6 is 0 Å². The van der Waals surface area contributed by atoms with Crippen LogP contribution in [0.4, 0.5) is 5.95 Å². The molecule has 1 aliphatic heterocycles. The lowest BCUT2D eigenvalue weighted by Gasteiger charge is -2.19. The number of methoxy groups -OCH3 is 1. The number of rotatable bonds is 4. The molecule has 1 saturated heterocycles. The van der Waals surface area contributed by atoms with Gasteiger partial charge in [-0.15, -0.1) is 0 Å². The molecule has 2 aromatic rings. The highest BCUT2D eigenvalue weighted by Crippen LogP contribution is 2.23. The Morgan fingerprint density at radius 3 is 2.65 bits per heavy atom. The predicted molar refractivity (Wildman–Crippen MR) is 86.8 cm³/mol. The monoisotopic (exact) mass is 315 g/mol. The summed E-state index contributed by atoms with van der Waals surface area (Å²) in [6.45, 7) is 1.97. The van der Waals surface area contributed by atoms with Crippen molar-refractivity contribution in [1.29, 1.82) is 0 Å². The van der Waals surface area contributed by atoms with Crippen LogP contribution in [-0.4, -0.2) is 40.9 Å². The van der Waals surface area contributed by atoms with E-state index in [1.54, 1.807) is 43.1 Å². The van der Waals surface area contributed by atoms with Crippen LogP contribution in [0.1, 0.15) is 34.9 Å². The number of carbonyl (C=O) groups is 1. The van der Waals surface area contributed by atoms with Crippen molar-refractivity contribution in [3.63, 3.8) is 0 Å². The number of aryl methyl sites for hydroxylation is 1. The largest absolute Gasteiger partial charge is 0.497 e. The summed E-state index contributed by atoms with van der Waals surface area (Å²) in [5, 5.41) is 10.6. The normalized spacial score (nSPS) is 15.4. The zero-order chi connectivity index (χ0) is 16.2. The molecule has 122 valence electrons. The van der Waals surface area contributed by atoms with Gasteiger partial charge in [-0.25, -0.2) is 4.68 Å². The molecular weight excluding hydrogens is 294 g/mol. The number of aromatic nitrogens is 3. The molecule has 0 unspecified atom stereocenters. The summed E-state index contributed by atoms with van der Waals surface area (Å²) in [6, 6.07) is 6.95. The van der Waals surface area contributed by atoms with Gasteiger partial charge in [-0.1, -0.05) is 0 Å². The zero-order valence-electron chi connectivity index (χ0n) is 13.4. The van der Waals surface area contributed by atoms with Crippen molar-refractivity contribution >= 4 is 11.9 Å². The summed E-state index contributed by atoms with van der Waals surface area (Å²) in [7, 11) is 3.39. The lowest BCUT2D eigenvalue weighted by molar-refractivity contribution is 0.102. The number of piperidine rings is 1. The van der Waals surface area contributed by atoms with Crippen LogP contribution in [0.3, 0.4) is 0 Å². The van der Waals surface area contributed by atoms with Gasteiger partial charge in [0.25, 0.3) is 5.91 Å². The summed E-state index contributed by atoms with van der Waals surface area (Å²) in [6.07, 6.45) is 2.05. The summed E-state index contributed by atoms with van der Waals surface area (Å²) >= 11 is 0. The number of nitrogens with one attached hydrogen (secondary N) is 2. The topological polar surface area (TPSA) is 81.1 Å². The number of benzene rings is 1. The summed E-state index contributed by atoms with van der Waals surface area (Å²) in [5.41, 5.74) is 0.553. The van der Waals surface area contributed by atoms with Crippen LogP contribution in [0.25, 0.3) is 0 Å². The Morgan fingerprint density at radius 2 is 2.00 bits per heavy atom. The summed E-state index contributed by atoms with van der Waals surface area (Å²) < 4.78 is 6.72.